The van der Waals surface area contributed by atoms with Crippen LogP contribution in [0.15, 0.2) is 78.3 Å². The molecule has 4 rings (SSSR count). The average Bonchev–Trinajstić information content (AvgIpc) is 3.26. The van der Waals surface area contributed by atoms with Crippen LogP contribution in [0, 0.1) is 0 Å². The first-order chi connectivity index (χ1) is 15.6. The van der Waals surface area contributed by atoms with Gasteiger partial charge in [-0.25, -0.2) is 0 Å². The van der Waals surface area contributed by atoms with Gasteiger partial charge >= 0.3 is 0 Å². The molecule has 0 saturated heterocycles. The fourth-order valence-electron chi connectivity index (χ4n) is 3.31. The van der Waals surface area contributed by atoms with E-state index in [1.54, 1.807) is 18.6 Å². The number of carbonyl (C=O) groups excluding carboxylic acids is 1. The zero-order chi connectivity index (χ0) is 22.3. The van der Waals surface area contributed by atoms with Gasteiger partial charge in [-0.2, -0.15) is 0 Å². The molecule has 7 nitrogen and oxygen atoms in total. The molecule has 4 aromatic rings. The Balaban J connectivity index is 1.60. The molecule has 0 aliphatic rings. The van der Waals surface area contributed by atoms with Gasteiger partial charge in [0.05, 0.1) is 23.7 Å². The van der Waals surface area contributed by atoms with E-state index in [0.29, 0.717) is 23.4 Å². The van der Waals surface area contributed by atoms with E-state index < -0.39 is 0 Å². The summed E-state index contributed by atoms with van der Waals surface area (Å²) in [4.78, 5) is 20.9. The molecule has 8 heteroatoms. The Kier molecular flexibility index (Phi) is 6.91. The number of nitrogens with one attached hydrogen (secondary N) is 1. The maximum atomic E-state index is 12.5. The summed E-state index contributed by atoms with van der Waals surface area (Å²) in [5, 5.41) is 12.4. The monoisotopic (exact) mass is 444 g/mol. The normalized spacial score (nSPS) is 11.0. The van der Waals surface area contributed by atoms with E-state index in [0.717, 1.165) is 16.9 Å². The Morgan fingerprint density at radius 1 is 1.03 bits per heavy atom. The van der Waals surface area contributed by atoms with Crippen molar-refractivity contribution in [1.82, 2.24) is 30.0 Å². The Labute approximate surface area is 191 Å². The molecule has 1 aromatic carbocycles. The molecule has 0 bridgehead atoms. The van der Waals surface area contributed by atoms with E-state index in [9.17, 15) is 4.79 Å². The topological polar surface area (TPSA) is 85.6 Å². The first kappa shape index (κ1) is 21.7. The molecule has 0 radical (unpaired) electrons. The summed E-state index contributed by atoms with van der Waals surface area (Å²) >= 11 is 1.36. The van der Waals surface area contributed by atoms with Gasteiger partial charge in [0.25, 0.3) is 0 Å². The Bertz CT molecular complexity index is 1180. The van der Waals surface area contributed by atoms with E-state index in [1.807, 2.05) is 47.0 Å². The van der Waals surface area contributed by atoms with E-state index in [-0.39, 0.29) is 11.7 Å². The van der Waals surface area contributed by atoms with Crippen LogP contribution in [0.25, 0.3) is 17.1 Å². The first-order valence-electron chi connectivity index (χ1n) is 10.4. The molecule has 32 heavy (non-hydrogen) atoms. The van der Waals surface area contributed by atoms with Crippen molar-refractivity contribution in [2.24, 2.45) is 0 Å². The highest BCUT2D eigenvalue weighted by molar-refractivity contribution is 7.99. The maximum absolute atomic E-state index is 12.5. The Hall–Kier alpha value is -3.52. The lowest BCUT2D eigenvalue weighted by molar-refractivity contribution is -0.118. The molecule has 0 unspecified atom stereocenters. The van der Waals surface area contributed by atoms with Gasteiger partial charge in [-0.15, -0.1) is 10.2 Å². The van der Waals surface area contributed by atoms with Crippen molar-refractivity contribution in [2.75, 3.05) is 5.75 Å². The predicted octanol–water partition coefficient (Wildman–Crippen LogP) is 4.26. The van der Waals surface area contributed by atoms with Crippen molar-refractivity contribution >= 4 is 17.7 Å². The molecule has 0 aliphatic heterocycles. The lowest BCUT2D eigenvalue weighted by Crippen LogP contribution is -2.25. The van der Waals surface area contributed by atoms with Crippen LogP contribution in [0.3, 0.4) is 0 Å². The molecule has 0 atom stereocenters. The minimum Gasteiger partial charge on any atom is -0.350 e. The number of para-hydroxylation sites is 1. The van der Waals surface area contributed by atoms with Crippen molar-refractivity contribution in [1.29, 1.82) is 0 Å². The number of rotatable bonds is 8. The molecule has 162 valence electrons. The lowest BCUT2D eigenvalue weighted by Gasteiger charge is -2.16. The van der Waals surface area contributed by atoms with Gasteiger partial charge in [0.2, 0.25) is 5.91 Å². The predicted molar refractivity (Wildman–Crippen MR) is 125 cm³/mol. The smallest absolute Gasteiger partial charge is 0.230 e. The first-order valence-corrected chi connectivity index (χ1v) is 11.4. The number of thioether (sulfide) groups is 1. The second-order valence-corrected chi connectivity index (χ2v) is 8.43. The quantitative estimate of drug-likeness (QED) is 0.409. The van der Waals surface area contributed by atoms with E-state index in [4.69, 9.17) is 0 Å². The highest BCUT2D eigenvalue weighted by Crippen LogP contribution is 2.31. The third kappa shape index (κ3) is 5.03. The second kappa shape index (κ2) is 10.2. The summed E-state index contributed by atoms with van der Waals surface area (Å²) in [6.07, 6.45) is 5.21. The van der Waals surface area contributed by atoms with Crippen molar-refractivity contribution in [3.8, 4) is 17.1 Å². The van der Waals surface area contributed by atoms with Gasteiger partial charge in [-0.1, -0.05) is 49.9 Å². The van der Waals surface area contributed by atoms with Crippen molar-refractivity contribution in [2.45, 2.75) is 31.5 Å². The minimum atomic E-state index is -0.0877. The molecule has 0 fully saturated rings. The van der Waals surface area contributed by atoms with Gasteiger partial charge in [0.15, 0.2) is 11.0 Å². The summed E-state index contributed by atoms with van der Waals surface area (Å²) in [6.45, 7) is 4.71. The summed E-state index contributed by atoms with van der Waals surface area (Å²) in [5.41, 5.74) is 3.87. The number of pyridine rings is 2. The number of hydrogen-bond donors (Lipinski definition) is 1. The molecular formula is C24H24N6OS. The van der Waals surface area contributed by atoms with Crippen molar-refractivity contribution < 1.29 is 4.79 Å². The summed E-state index contributed by atoms with van der Waals surface area (Å²) in [7, 11) is 0. The number of hydrogen-bond acceptors (Lipinski definition) is 6. The van der Waals surface area contributed by atoms with Crippen LogP contribution >= 0.6 is 11.8 Å². The van der Waals surface area contributed by atoms with Crippen molar-refractivity contribution in [3.05, 3.63) is 84.4 Å². The molecule has 0 saturated carbocycles. The SMILES string of the molecule is CC(C)c1ccccc1-n1c(SCC(=O)NCc2ccccn2)nnc1-c1cccnc1. The minimum absolute atomic E-state index is 0.0877. The van der Waals surface area contributed by atoms with Gasteiger partial charge in [0, 0.05) is 24.2 Å². The molecule has 0 spiro atoms. The van der Waals surface area contributed by atoms with Crippen LogP contribution in [0.5, 0.6) is 0 Å². The van der Waals surface area contributed by atoms with E-state index in [1.165, 1.54) is 17.3 Å². The van der Waals surface area contributed by atoms with Crippen LogP contribution in [0.4, 0.5) is 0 Å². The summed E-state index contributed by atoms with van der Waals surface area (Å²) in [6, 6.07) is 17.7. The van der Waals surface area contributed by atoms with Gasteiger partial charge < -0.3 is 5.32 Å². The average molecular weight is 445 g/mol. The van der Waals surface area contributed by atoms with Crippen LogP contribution in [0.2, 0.25) is 0 Å². The van der Waals surface area contributed by atoms with Crippen molar-refractivity contribution in [3.63, 3.8) is 0 Å². The van der Waals surface area contributed by atoms with Crippen LogP contribution in [-0.4, -0.2) is 36.4 Å². The van der Waals surface area contributed by atoms with E-state index in [2.05, 4.69) is 51.5 Å². The van der Waals surface area contributed by atoms with Crippen LogP contribution < -0.4 is 5.32 Å². The fraction of sp³-hybridized carbons (Fsp3) is 0.208. The van der Waals surface area contributed by atoms with Crippen LogP contribution in [0.1, 0.15) is 31.0 Å². The molecule has 0 aliphatic carbocycles. The fourth-order valence-corrected chi connectivity index (χ4v) is 4.09. The largest absolute Gasteiger partial charge is 0.350 e. The summed E-state index contributed by atoms with van der Waals surface area (Å²) in [5.74, 6) is 1.15. The van der Waals surface area contributed by atoms with Crippen LogP contribution in [-0.2, 0) is 11.3 Å². The number of benzene rings is 1. The number of amides is 1. The third-order valence-corrected chi connectivity index (χ3v) is 5.81. The molecule has 3 heterocycles. The zero-order valence-electron chi connectivity index (χ0n) is 18.0. The molecule has 1 N–H and O–H groups in total. The standard InChI is InChI=1S/C24H24N6OS/c1-17(2)20-10-3-4-11-21(20)30-23(18-8-7-12-25-14-18)28-29-24(30)32-16-22(31)27-15-19-9-5-6-13-26-19/h3-14,17H,15-16H2,1-2H3,(H,27,31). The second-order valence-electron chi connectivity index (χ2n) is 7.48. The molecular weight excluding hydrogens is 420 g/mol. The third-order valence-electron chi connectivity index (χ3n) is 4.88. The van der Waals surface area contributed by atoms with Gasteiger partial charge in [0.1, 0.15) is 0 Å². The number of carbonyl (C=O) groups is 1. The zero-order valence-corrected chi connectivity index (χ0v) is 18.8. The number of nitrogens with zero attached hydrogens (tertiary/aromatic N) is 5. The van der Waals surface area contributed by atoms with E-state index >= 15 is 0 Å². The lowest BCUT2D eigenvalue weighted by atomic mass is 10.0. The highest BCUT2D eigenvalue weighted by Gasteiger charge is 2.20. The summed E-state index contributed by atoms with van der Waals surface area (Å²) < 4.78 is 2.02. The molecule has 1 amide bonds. The Morgan fingerprint density at radius 2 is 1.88 bits per heavy atom. The van der Waals surface area contributed by atoms with Gasteiger partial charge in [-0.05, 0) is 41.8 Å². The van der Waals surface area contributed by atoms with Gasteiger partial charge in [-0.3, -0.25) is 19.3 Å². The molecule has 3 aromatic heterocycles. The maximum Gasteiger partial charge on any atom is 0.230 e. The highest BCUT2D eigenvalue weighted by atomic mass is 32.2. The Morgan fingerprint density at radius 3 is 2.62 bits per heavy atom. The number of aromatic nitrogens is 5.